The first-order valence-corrected chi connectivity index (χ1v) is 9.81. The zero-order valence-electron chi connectivity index (χ0n) is 15.4. The fraction of sp³-hybridized carbons (Fsp3) is 0.143. The molecule has 7 nitrogen and oxygen atoms in total. The number of fused-ring (bicyclic) bond motifs is 4. The van der Waals surface area contributed by atoms with Crippen molar-refractivity contribution in [3.63, 3.8) is 0 Å². The van der Waals surface area contributed by atoms with Crippen molar-refractivity contribution in [2.24, 2.45) is 0 Å². The van der Waals surface area contributed by atoms with Gasteiger partial charge >= 0.3 is 5.97 Å². The van der Waals surface area contributed by atoms with Crippen molar-refractivity contribution in [3.05, 3.63) is 75.3 Å². The summed E-state index contributed by atoms with van der Waals surface area (Å²) < 4.78 is 12.3. The summed E-state index contributed by atoms with van der Waals surface area (Å²) in [4.78, 5) is 29.1. The Morgan fingerprint density at radius 2 is 2.03 bits per heavy atom. The van der Waals surface area contributed by atoms with Crippen LogP contribution in [0.2, 0.25) is 0 Å². The smallest absolute Gasteiger partial charge is 0.313 e. The molecule has 0 unspecified atom stereocenters. The minimum absolute atomic E-state index is 0.00387. The van der Waals surface area contributed by atoms with E-state index in [1.807, 2.05) is 42.5 Å². The maximum atomic E-state index is 12.3. The second kappa shape index (κ2) is 6.82. The summed E-state index contributed by atoms with van der Waals surface area (Å²) in [6, 6.07) is 15.1. The Labute approximate surface area is 168 Å². The Hall–Kier alpha value is -3.52. The van der Waals surface area contributed by atoms with Crippen molar-refractivity contribution in [1.29, 1.82) is 0 Å². The third-order valence-electron chi connectivity index (χ3n) is 4.58. The molecule has 144 valence electrons. The quantitative estimate of drug-likeness (QED) is 0.424. The van der Waals surface area contributed by atoms with Gasteiger partial charge in [-0.2, -0.15) is 9.61 Å². The normalized spacial score (nSPS) is 11.5. The van der Waals surface area contributed by atoms with E-state index in [2.05, 4.69) is 10.1 Å². The number of furan rings is 1. The van der Waals surface area contributed by atoms with Crippen LogP contribution in [0.4, 0.5) is 0 Å². The molecule has 0 amide bonds. The molecule has 8 heteroatoms. The van der Waals surface area contributed by atoms with Crippen LogP contribution in [0.3, 0.4) is 0 Å². The number of rotatable bonds is 4. The number of carbonyl (C=O) groups excluding carboxylic acids is 1. The number of aromatic nitrogens is 3. The van der Waals surface area contributed by atoms with E-state index >= 15 is 0 Å². The van der Waals surface area contributed by atoms with Crippen LogP contribution >= 0.6 is 11.3 Å². The molecule has 0 N–H and O–H groups in total. The summed E-state index contributed by atoms with van der Waals surface area (Å²) >= 11 is 1.31. The molecule has 0 atom stereocenters. The lowest BCUT2D eigenvalue weighted by atomic mass is 10.1. The number of esters is 1. The molecule has 0 aliphatic carbocycles. The summed E-state index contributed by atoms with van der Waals surface area (Å²) in [6.45, 7) is 1.72. The predicted molar refractivity (Wildman–Crippen MR) is 109 cm³/mol. The minimum Gasteiger partial charge on any atom is -0.460 e. The molecule has 0 spiro atoms. The highest BCUT2D eigenvalue weighted by Gasteiger charge is 2.13. The number of benzene rings is 2. The van der Waals surface area contributed by atoms with Gasteiger partial charge in [0, 0.05) is 11.5 Å². The molecular formula is C21H15N3O4S. The molecule has 0 aliphatic heterocycles. The number of hydrogen-bond donors (Lipinski definition) is 0. The maximum absolute atomic E-state index is 12.3. The van der Waals surface area contributed by atoms with E-state index in [-0.39, 0.29) is 18.6 Å². The highest BCUT2D eigenvalue weighted by Crippen LogP contribution is 2.28. The summed E-state index contributed by atoms with van der Waals surface area (Å²) in [7, 11) is 0. The lowest BCUT2D eigenvalue weighted by Crippen LogP contribution is -2.17. The average Bonchev–Trinajstić information content (AvgIpc) is 3.29. The lowest BCUT2D eigenvalue weighted by Gasteiger charge is -2.03. The van der Waals surface area contributed by atoms with E-state index in [0.717, 1.165) is 26.7 Å². The van der Waals surface area contributed by atoms with Crippen LogP contribution in [-0.2, 0) is 22.6 Å². The number of hydrogen-bond acceptors (Lipinski definition) is 7. The van der Waals surface area contributed by atoms with Gasteiger partial charge in [0.1, 0.15) is 29.4 Å². The summed E-state index contributed by atoms with van der Waals surface area (Å²) in [5.41, 5.74) is 0.823. The lowest BCUT2D eigenvalue weighted by molar-refractivity contribution is -0.144. The van der Waals surface area contributed by atoms with Gasteiger partial charge in [-0.05, 0) is 29.8 Å². The van der Waals surface area contributed by atoms with Gasteiger partial charge in [0.05, 0.1) is 5.69 Å². The van der Waals surface area contributed by atoms with Gasteiger partial charge in [0.25, 0.3) is 5.56 Å². The highest BCUT2D eigenvalue weighted by atomic mass is 32.1. The Morgan fingerprint density at radius 3 is 2.93 bits per heavy atom. The zero-order valence-corrected chi connectivity index (χ0v) is 16.2. The largest absolute Gasteiger partial charge is 0.460 e. The van der Waals surface area contributed by atoms with Crippen LogP contribution in [0.25, 0.3) is 26.7 Å². The van der Waals surface area contributed by atoms with E-state index in [4.69, 9.17) is 9.15 Å². The molecule has 0 radical (unpaired) electrons. The van der Waals surface area contributed by atoms with Crippen molar-refractivity contribution in [3.8, 4) is 0 Å². The molecule has 0 saturated heterocycles. The van der Waals surface area contributed by atoms with E-state index in [1.54, 1.807) is 6.92 Å². The maximum Gasteiger partial charge on any atom is 0.313 e. The number of aryl methyl sites for hydroxylation is 1. The molecule has 0 bridgehead atoms. The summed E-state index contributed by atoms with van der Waals surface area (Å²) in [5, 5.41) is 7.98. The number of ether oxygens (including phenoxy) is 1. The monoisotopic (exact) mass is 405 g/mol. The van der Waals surface area contributed by atoms with Crippen molar-refractivity contribution in [1.82, 2.24) is 14.6 Å². The molecule has 5 rings (SSSR count). The van der Waals surface area contributed by atoms with Crippen LogP contribution in [0, 0.1) is 6.92 Å². The zero-order chi connectivity index (χ0) is 20.0. The van der Waals surface area contributed by atoms with Crippen LogP contribution in [0.5, 0.6) is 0 Å². The van der Waals surface area contributed by atoms with Crippen molar-refractivity contribution >= 4 is 44.0 Å². The molecule has 0 saturated carbocycles. The molecule has 5 aromatic rings. The van der Waals surface area contributed by atoms with E-state index in [1.165, 1.54) is 21.9 Å². The standard InChI is InChI=1S/C21H15N3O4S/c1-12-23-24-19(25)8-14(22-21(24)29-12)11-27-20(26)10-15-9-17-16-5-3-2-4-13(16)6-7-18(17)28-15/h2-9H,10-11H2,1H3. The van der Waals surface area contributed by atoms with Gasteiger partial charge in [-0.15, -0.1) is 0 Å². The van der Waals surface area contributed by atoms with Crippen LogP contribution < -0.4 is 5.56 Å². The predicted octanol–water partition coefficient (Wildman–Crippen LogP) is 3.64. The first-order valence-electron chi connectivity index (χ1n) is 8.99. The molecular weight excluding hydrogens is 390 g/mol. The first-order chi connectivity index (χ1) is 14.1. The number of nitrogens with zero attached hydrogens (tertiary/aromatic N) is 3. The first kappa shape index (κ1) is 17.6. The van der Waals surface area contributed by atoms with Gasteiger partial charge in [-0.25, -0.2) is 4.98 Å². The van der Waals surface area contributed by atoms with Crippen molar-refractivity contribution < 1.29 is 13.9 Å². The minimum atomic E-state index is -0.448. The van der Waals surface area contributed by atoms with Gasteiger partial charge in [-0.3, -0.25) is 9.59 Å². The summed E-state index contributed by atoms with van der Waals surface area (Å²) in [5.74, 6) is 0.0822. The van der Waals surface area contributed by atoms with Gasteiger partial charge in [-0.1, -0.05) is 41.7 Å². The highest BCUT2D eigenvalue weighted by molar-refractivity contribution is 7.16. The van der Waals surface area contributed by atoms with Crippen molar-refractivity contribution in [2.45, 2.75) is 20.0 Å². The Morgan fingerprint density at radius 1 is 1.17 bits per heavy atom. The second-order valence-electron chi connectivity index (χ2n) is 6.65. The van der Waals surface area contributed by atoms with E-state index in [0.29, 0.717) is 16.4 Å². The fourth-order valence-electron chi connectivity index (χ4n) is 3.31. The summed E-state index contributed by atoms with van der Waals surface area (Å²) in [6.07, 6.45) is 0.00387. The second-order valence-corrected chi connectivity index (χ2v) is 7.81. The Kier molecular flexibility index (Phi) is 4.13. The molecule has 0 aliphatic rings. The molecule has 0 fully saturated rings. The fourth-order valence-corrected chi connectivity index (χ4v) is 4.07. The average molecular weight is 405 g/mol. The third-order valence-corrected chi connectivity index (χ3v) is 5.40. The molecule has 2 aromatic carbocycles. The van der Waals surface area contributed by atoms with Crippen molar-refractivity contribution in [2.75, 3.05) is 0 Å². The van der Waals surface area contributed by atoms with Gasteiger partial charge in [0.15, 0.2) is 0 Å². The molecule has 29 heavy (non-hydrogen) atoms. The van der Waals surface area contributed by atoms with E-state index < -0.39 is 5.97 Å². The third kappa shape index (κ3) is 3.27. The van der Waals surface area contributed by atoms with E-state index in [9.17, 15) is 9.59 Å². The Balaban J connectivity index is 1.33. The molecule has 3 heterocycles. The van der Waals surface area contributed by atoms with Crippen LogP contribution in [-0.4, -0.2) is 20.6 Å². The van der Waals surface area contributed by atoms with Gasteiger partial charge < -0.3 is 9.15 Å². The van der Waals surface area contributed by atoms with Crippen LogP contribution in [0.1, 0.15) is 16.5 Å². The molecule has 3 aromatic heterocycles. The SMILES string of the molecule is Cc1nn2c(=O)cc(COC(=O)Cc3cc4c(ccc5ccccc54)o3)nc2s1. The van der Waals surface area contributed by atoms with Gasteiger partial charge in [0.2, 0.25) is 4.96 Å². The van der Waals surface area contributed by atoms with Crippen LogP contribution in [0.15, 0.2) is 57.7 Å². The topological polar surface area (TPSA) is 86.7 Å². The Bertz CT molecular complexity index is 1450. The number of carbonyl (C=O) groups is 1.